The van der Waals surface area contributed by atoms with Crippen LogP contribution in [0.3, 0.4) is 0 Å². The van der Waals surface area contributed by atoms with Gasteiger partial charge in [-0.05, 0) is 12.8 Å². The smallest absolute Gasteiger partial charge is 0.217 e. The summed E-state index contributed by atoms with van der Waals surface area (Å²) in [6, 6.07) is 2.13. The van der Waals surface area contributed by atoms with Gasteiger partial charge in [-0.2, -0.15) is 0 Å². The summed E-state index contributed by atoms with van der Waals surface area (Å²) in [6.45, 7) is 5.32. The van der Waals surface area contributed by atoms with E-state index in [0.29, 0.717) is 5.82 Å². The molecule has 7 nitrogen and oxygen atoms in total. The molecule has 0 bridgehead atoms. The number of amides is 1. The number of nitrogens with two attached hydrogens (primary N) is 1. The lowest BCUT2D eigenvalue weighted by molar-refractivity contribution is -0.119. The standard InChI is InChI=1S/C13H22N6O/c1-3-11-16-12(18-14)8-13(17-11)19-6-4-10(5-7-19)15-9(2)20/h8,10H,3-7,14H2,1-2H3,(H,15,20)(H,16,17,18). The van der Waals surface area contributed by atoms with Crippen molar-refractivity contribution in [3.63, 3.8) is 0 Å². The second-order valence-corrected chi connectivity index (χ2v) is 4.99. The van der Waals surface area contributed by atoms with Crippen molar-refractivity contribution >= 4 is 17.5 Å². The van der Waals surface area contributed by atoms with E-state index in [4.69, 9.17) is 5.84 Å². The van der Waals surface area contributed by atoms with E-state index in [1.165, 1.54) is 0 Å². The molecule has 1 aromatic rings. The average molecular weight is 278 g/mol. The normalized spacial score (nSPS) is 16.1. The zero-order valence-corrected chi connectivity index (χ0v) is 12.0. The molecule has 1 saturated heterocycles. The van der Waals surface area contributed by atoms with Crippen LogP contribution >= 0.6 is 0 Å². The molecule has 1 aliphatic heterocycles. The summed E-state index contributed by atoms with van der Waals surface area (Å²) in [5, 5.41) is 2.97. The fraction of sp³-hybridized carbons (Fsp3) is 0.615. The predicted octanol–water partition coefficient (Wildman–Crippen LogP) is 0.429. The molecule has 0 radical (unpaired) electrons. The Labute approximate surface area is 118 Å². The maximum atomic E-state index is 11.1. The fourth-order valence-electron chi connectivity index (χ4n) is 2.42. The van der Waals surface area contributed by atoms with Crippen LogP contribution in [0.25, 0.3) is 0 Å². The number of carbonyl (C=O) groups is 1. The molecule has 0 aliphatic carbocycles. The van der Waals surface area contributed by atoms with Gasteiger partial charge < -0.3 is 15.6 Å². The Morgan fingerprint density at radius 3 is 2.70 bits per heavy atom. The SMILES string of the molecule is CCc1nc(NN)cc(N2CCC(NC(C)=O)CC2)n1. The highest BCUT2D eigenvalue weighted by Gasteiger charge is 2.21. The van der Waals surface area contributed by atoms with E-state index in [-0.39, 0.29) is 11.9 Å². The van der Waals surface area contributed by atoms with Crippen LogP contribution in [-0.2, 0) is 11.2 Å². The monoisotopic (exact) mass is 278 g/mol. The molecule has 2 heterocycles. The molecule has 4 N–H and O–H groups in total. The Morgan fingerprint density at radius 2 is 2.15 bits per heavy atom. The third-order valence-corrected chi connectivity index (χ3v) is 3.45. The number of carbonyl (C=O) groups excluding carboxylic acids is 1. The first-order valence-corrected chi connectivity index (χ1v) is 6.99. The van der Waals surface area contributed by atoms with Crippen molar-refractivity contribution in [3.05, 3.63) is 11.9 Å². The van der Waals surface area contributed by atoms with Crippen molar-refractivity contribution < 1.29 is 4.79 Å². The van der Waals surface area contributed by atoms with Crippen LogP contribution in [0.1, 0.15) is 32.5 Å². The number of nitrogen functional groups attached to an aromatic ring is 1. The Hall–Kier alpha value is -1.89. The lowest BCUT2D eigenvalue weighted by Crippen LogP contribution is -2.44. The van der Waals surface area contributed by atoms with Crippen LogP contribution in [0.5, 0.6) is 0 Å². The Kier molecular flexibility index (Phi) is 4.73. The first-order chi connectivity index (χ1) is 9.62. The van der Waals surface area contributed by atoms with Crippen molar-refractivity contribution in [1.82, 2.24) is 15.3 Å². The van der Waals surface area contributed by atoms with Gasteiger partial charge in [0.1, 0.15) is 17.5 Å². The minimum Gasteiger partial charge on any atom is -0.356 e. The van der Waals surface area contributed by atoms with Crippen LogP contribution in [-0.4, -0.2) is 35.0 Å². The van der Waals surface area contributed by atoms with Gasteiger partial charge in [0.25, 0.3) is 0 Å². The fourth-order valence-corrected chi connectivity index (χ4v) is 2.42. The van der Waals surface area contributed by atoms with Crippen LogP contribution in [0.15, 0.2) is 6.07 Å². The highest BCUT2D eigenvalue weighted by molar-refractivity contribution is 5.73. The van der Waals surface area contributed by atoms with Crippen molar-refractivity contribution in [2.75, 3.05) is 23.4 Å². The Morgan fingerprint density at radius 1 is 1.45 bits per heavy atom. The van der Waals surface area contributed by atoms with Gasteiger partial charge in [0, 0.05) is 38.5 Å². The molecule has 0 unspecified atom stereocenters. The quantitative estimate of drug-likeness (QED) is 0.546. The van der Waals surface area contributed by atoms with Gasteiger partial charge in [-0.15, -0.1) is 0 Å². The number of hydrogen-bond acceptors (Lipinski definition) is 6. The van der Waals surface area contributed by atoms with Gasteiger partial charge in [-0.25, -0.2) is 15.8 Å². The highest BCUT2D eigenvalue weighted by atomic mass is 16.1. The number of anilines is 2. The number of rotatable bonds is 4. The molecular weight excluding hydrogens is 256 g/mol. The first kappa shape index (κ1) is 14.5. The topological polar surface area (TPSA) is 96.2 Å². The number of aryl methyl sites for hydroxylation is 1. The van der Waals surface area contributed by atoms with Gasteiger partial charge >= 0.3 is 0 Å². The lowest BCUT2D eigenvalue weighted by Gasteiger charge is -2.33. The second kappa shape index (κ2) is 6.51. The molecule has 2 rings (SSSR count). The Balaban J connectivity index is 2.04. The molecule has 1 fully saturated rings. The first-order valence-electron chi connectivity index (χ1n) is 6.99. The number of nitrogens with one attached hydrogen (secondary N) is 2. The zero-order chi connectivity index (χ0) is 14.5. The van der Waals surface area contributed by atoms with E-state index in [2.05, 4.69) is 25.6 Å². The Bertz CT molecular complexity index is 448. The van der Waals surface area contributed by atoms with Crippen LogP contribution in [0, 0.1) is 0 Å². The molecule has 1 aromatic heterocycles. The van der Waals surface area contributed by atoms with Crippen LogP contribution in [0.4, 0.5) is 11.6 Å². The van der Waals surface area contributed by atoms with E-state index < -0.39 is 0 Å². The van der Waals surface area contributed by atoms with Gasteiger partial charge in [-0.1, -0.05) is 6.92 Å². The molecule has 20 heavy (non-hydrogen) atoms. The summed E-state index contributed by atoms with van der Waals surface area (Å²) in [5.74, 6) is 7.78. The molecule has 7 heteroatoms. The van der Waals surface area contributed by atoms with Gasteiger partial charge in [0.15, 0.2) is 0 Å². The molecule has 1 aliphatic rings. The summed E-state index contributed by atoms with van der Waals surface area (Å²) in [5.41, 5.74) is 2.58. The molecule has 1 amide bonds. The molecule has 0 saturated carbocycles. The maximum absolute atomic E-state index is 11.1. The van der Waals surface area contributed by atoms with E-state index in [9.17, 15) is 4.79 Å². The van der Waals surface area contributed by atoms with E-state index in [1.54, 1.807) is 6.92 Å². The third kappa shape index (κ3) is 3.57. The van der Waals surface area contributed by atoms with Gasteiger partial charge in [0.2, 0.25) is 5.91 Å². The number of piperidine rings is 1. The van der Waals surface area contributed by atoms with Crippen LogP contribution < -0.4 is 21.5 Å². The molecule has 0 aromatic carbocycles. The number of aromatic nitrogens is 2. The molecular formula is C13H22N6O. The maximum Gasteiger partial charge on any atom is 0.217 e. The van der Waals surface area contributed by atoms with Crippen LogP contribution in [0.2, 0.25) is 0 Å². The molecule has 0 atom stereocenters. The van der Waals surface area contributed by atoms with E-state index >= 15 is 0 Å². The van der Waals surface area contributed by atoms with Crippen molar-refractivity contribution in [3.8, 4) is 0 Å². The summed E-state index contributed by atoms with van der Waals surface area (Å²) in [7, 11) is 0. The third-order valence-electron chi connectivity index (χ3n) is 3.45. The molecule has 0 spiro atoms. The highest BCUT2D eigenvalue weighted by Crippen LogP contribution is 2.20. The van der Waals surface area contributed by atoms with Crippen molar-refractivity contribution in [2.24, 2.45) is 5.84 Å². The predicted molar refractivity (Wildman–Crippen MR) is 78.3 cm³/mol. The number of nitrogens with zero attached hydrogens (tertiary/aromatic N) is 3. The zero-order valence-electron chi connectivity index (χ0n) is 12.0. The largest absolute Gasteiger partial charge is 0.356 e. The summed E-state index contributed by atoms with van der Waals surface area (Å²) >= 11 is 0. The second-order valence-electron chi connectivity index (χ2n) is 4.99. The van der Waals surface area contributed by atoms with E-state index in [0.717, 1.165) is 44.0 Å². The van der Waals surface area contributed by atoms with Gasteiger partial charge in [0.05, 0.1) is 0 Å². The van der Waals surface area contributed by atoms with E-state index in [1.807, 2.05) is 13.0 Å². The summed E-state index contributed by atoms with van der Waals surface area (Å²) < 4.78 is 0. The number of hydrogen-bond donors (Lipinski definition) is 3. The average Bonchev–Trinajstić information content (AvgIpc) is 2.46. The molecule has 110 valence electrons. The number of hydrazine groups is 1. The van der Waals surface area contributed by atoms with Crippen molar-refractivity contribution in [2.45, 2.75) is 39.2 Å². The lowest BCUT2D eigenvalue weighted by atomic mass is 10.1. The summed E-state index contributed by atoms with van der Waals surface area (Å²) in [4.78, 5) is 22.1. The minimum atomic E-state index is 0.0355. The summed E-state index contributed by atoms with van der Waals surface area (Å²) in [6.07, 6.45) is 2.62. The van der Waals surface area contributed by atoms with Gasteiger partial charge in [-0.3, -0.25) is 4.79 Å². The minimum absolute atomic E-state index is 0.0355. The van der Waals surface area contributed by atoms with Crippen molar-refractivity contribution in [1.29, 1.82) is 0 Å².